The molecular weight excluding hydrogens is 560 g/mol. The first-order valence-electron chi connectivity index (χ1n) is 13.6. The second-order valence-corrected chi connectivity index (χ2v) is 13.4. The number of sulfonamides is 1. The summed E-state index contributed by atoms with van der Waals surface area (Å²) < 4.78 is 45.3. The van der Waals surface area contributed by atoms with Gasteiger partial charge in [0.15, 0.2) is 11.5 Å². The Hall–Kier alpha value is -2.92. The zero-order valence-electron chi connectivity index (χ0n) is 25.2. The number of nitrogens with zero attached hydrogens (tertiary/aromatic N) is 2. The summed E-state index contributed by atoms with van der Waals surface area (Å²) in [4.78, 5) is 18.1. The highest BCUT2D eigenvalue weighted by molar-refractivity contribution is 7.89. The van der Waals surface area contributed by atoms with Crippen molar-refractivity contribution in [2.45, 2.75) is 52.0 Å². The average Bonchev–Trinajstić information content (AvgIpc) is 3.33. The molecule has 0 aliphatic rings. The summed E-state index contributed by atoms with van der Waals surface area (Å²) in [5.41, 5.74) is 3.32. The van der Waals surface area contributed by atoms with E-state index in [2.05, 4.69) is 0 Å². The predicted octanol–water partition coefficient (Wildman–Crippen LogP) is 5.30. The third kappa shape index (κ3) is 8.54. The number of ether oxygens (including phenoxy) is 3. The lowest BCUT2D eigenvalue weighted by molar-refractivity contribution is -0.132. The molecule has 0 fully saturated rings. The maximum atomic E-state index is 14.0. The van der Waals surface area contributed by atoms with Gasteiger partial charge < -0.3 is 19.1 Å². The van der Waals surface area contributed by atoms with Gasteiger partial charge in [0.2, 0.25) is 15.9 Å². The van der Waals surface area contributed by atoms with Crippen LogP contribution in [0.1, 0.15) is 38.4 Å². The van der Waals surface area contributed by atoms with Crippen molar-refractivity contribution >= 4 is 27.3 Å². The summed E-state index contributed by atoms with van der Waals surface area (Å²) in [6.45, 7) is 8.71. The molecule has 2 aromatic carbocycles. The van der Waals surface area contributed by atoms with E-state index >= 15 is 0 Å². The van der Waals surface area contributed by atoms with Gasteiger partial charge in [-0.15, -0.1) is 11.3 Å². The fourth-order valence-electron chi connectivity index (χ4n) is 4.97. The summed E-state index contributed by atoms with van der Waals surface area (Å²) in [7, 11) is 0.822. The van der Waals surface area contributed by atoms with Gasteiger partial charge in [-0.3, -0.25) is 4.79 Å². The van der Waals surface area contributed by atoms with E-state index in [0.29, 0.717) is 55.2 Å². The molecule has 0 aliphatic heterocycles. The van der Waals surface area contributed by atoms with E-state index in [1.807, 2.05) is 56.3 Å². The fraction of sp³-hybridized carbons (Fsp3) is 0.452. The number of carbonyl (C=O) groups is 1. The molecule has 3 aromatic rings. The Morgan fingerprint density at radius 3 is 2.15 bits per heavy atom. The number of benzene rings is 2. The number of carbonyl (C=O) groups excluding carboxylic acids is 1. The number of thiophene rings is 1. The lowest BCUT2D eigenvalue weighted by Crippen LogP contribution is -2.44. The van der Waals surface area contributed by atoms with Gasteiger partial charge in [-0.05, 0) is 81.5 Å². The molecule has 0 spiro atoms. The molecule has 0 N–H and O–H groups in total. The van der Waals surface area contributed by atoms with Crippen LogP contribution in [0.2, 0.25) is 0 Å². The van der Waals surface area contributed by atoms with Crippen molar-refractivity contribution in [2.75, 3.05) is 47.6 Å². The SMILES string of the molecule is COCCCN(CC(=O)N(CCc1ccc(OC)c(OC)c1)Cc1ccc(C)s1)S(=O)(=O)c1c(C)cc(C)cc1C. The van der Waals surface area contributed by atoms with Crippen LogP contribution >= 0.6 is 11.3 Å². The smallest absolute Gasteiger partial charge is 0.244 e. The minimum Gasteiger partial charge on any atom is -0.493 e. The zero-order chi connectivity index (χ0) is 30.2. The molecule has 0 saturated carbocycles. The molecule has 0 atom stereocenters. The Balaban J connectivity index is 1.90. The minimum absolute atomic E-state index is 0.177. The number of hydrogen-bond acceptors (Lipinski definition) is 7. The molecule has 8 nitrogen and oxygen atoms in total. The Morgan fingerprint density at radius 1 is 0.878 bits per heavy atom. The van der Waals surface area contributed by atoms with Gasteiger partial charge in [-0.25, -0.2) is 8.42 Å². The third-order valence-corrected chi connectivity index (χ3v) is 10.0. The van der Waals surface area contributed by atoms with Crippen molar-refractivity contribution < 1.29 is 27.4 Å². The van der Waals surface area contributed by atoms with Crippen molar-refractivity contribution in [3.63, 3.8) is 0 Å². The summed E-state index contributed by atoms with van der Waals surface area (Å²) in [5.74, 6) is 1.01. The van der Waals surface area contributed by atoms with Gasteiger partial charge in [0.05, 0.1) is 32.2 Å². The normalized spacial score (nSPS) is 11.6. The Morgan fingerprint density at radius 2 is 1.56 bits per heavy atom. The van der Waals surface area contributed by atoms with Crippen LogP contribution in [-0.2, 0) is 32.5 Å². The fourth-order valence-corrected chi connectivity index (χ4v) is 7.72. The number of amides is 1. The van der Waals surface area contributed by atoms with Crippen LogP contribution in [0.4, 0.5) is 0 Å². The van der Waals surface area contributed by atoms with E-state index in [-0.39, 0.29) is 23.9 Å². The van der Waals surface area contributed by atoms with Crippen molar-refractivity contribution in [1.82, 2.24) is 9.21 Å². The summed E-state index contributed by atoms with van der Waals surface area (Å²) >= 11 is 1.63. The second-order valence-electron chi connectivity index (χ2n) is 10.2. The highest BCUT2D eigenvalue weighted by Crippen LogP contribution is 2.29. The van der Waals surface area contributed by atoms with Gasteiger partial charge in [0.1, 0.15) is 0 Å². The Labute approximate surface area is 248 Å². The minimum atomic E-state index is -3.94. The average molecular weight is 603 g/mol. The highest BCUT2D eigenvalue weighted by Gasteiger charge is 2.31. The molecule has 1 heterocycles. The van der Waals surface area contributed by atoms with Gasteiger partial charge in [0, 0.05) is 36.6 Å². The van der Waals surface area contributed by atoms with Crippen LogP contribution in [0.15, 0.2) is 47.4 Å². The van der Waals surface area contributed by atoms with Crippen molar-refractivity contribution in [3.05, 3.63) is 74.5 Å². The highest BCUT2D eigenvalue weighted by atomic mass is 32.2. The molecule has 0 saturated heterocycles. The molecule has 3 rings (SSSR count). The third-order valence-electron chi connectivity index (χ3n) is 6.88. The predicted molar refractivity (Wildman–Crippen MR) is 164 cm³/mol. The van der Waals surface area contributed by atoms with E-state index in [9.17, 15) is 13.2 Å². The van der Waals surface area contributed by atoms with Crippen LogP contribution in [-0.4, -0.2) is 71.1 Å². The quantitative estimate of drug-likeness (QED) is 0.220. The maximum absolute atomic E-state index is 14.0. The first kappa shape index (κ1) is 32.6. The van der Waals surface area contributed by atoms with Crippen molar-refractivity contribution in [1.29, 1.82) is 0 Å². The van der Waals surface area contributed by atoms with E-state index in [0.717, 1.165) is 20.9 Å². The Bertz CT molecular complexity index is 1410. The standard InChI is InChI=1S/C31H42N2O6S2/c1-22-17-23(2)31(24(3)18-22)41(35,36)33(14-8-16-37-5)21-30(34)32(20-27-11-9-25(4)40-27)15-13-26-10-12-28(38-6)29(19-26)39-7/h9-12,17-19H,8,13-16,20-21H2,1-7H3. The van der Waals surface area contributed by atoms with Crippen LogP contribution in [0.5, 0.6) is 11.5 Å². The van der Waals surface area contributed by atoms with Crippen LogP contribution in [0.25, 0.3) is 0 Å². The lowest BCUT2D eigenvalue weighted by atomic mass is 10.1. The molecule has 0 aliphatic carbocycles. The molecule has 0 unspecified atom stereocenters. The lowest BCUT2D eigenvalue weighted by Gasteiger charge is -2.28. The zero-order valence-corrected chi connectivity index (χ0v) is 26.8. The molecule has 224 valence electrons. The van der Waals surface area contributed by atoms with Gasteiger partial charge >= 0.3 is 0 Å². The van der Waals surface area contributed by atoms with Crippen LogP contribution in [0.3, 0.4) is 0 Å². The van der Waals surface area contributed by atoms with Gasteiger partial charge in [0.25, 0.3) is 0 Å². The van der Waals surface area contributed by atoms with Crippen LogP contribution in [0, 0.1) is 27.7 Å². The van der Waals surface area contributed by atoms with Crippen molar-refractivity contribution in [2.24, 2.45) is 0 Å². The number of aryl methyl sites for hydroxylation is 4. The first-order chi connectivity index (χ1) is 19.5. The molecule has 10 heteroatoms. The number of rotatable bonds is 15. The number of methoxy groups -OCH3 is 3. The summed E-state index contributed by atoms with van der Waals surface area (Å²) in [6.07, 6.45) is 1.05. The number of hydrogen-bond donors (Lipinski definition) is 0. The molecule has 1 aromatic heterocycles. The monoisotopic (exact) mass is 602 g/mol. The van der Waals surface area contributed by atoms with Gasteiger partial charge in [-0.2, -0.15) is 4.31 Å². The van der Waals surface area contributed by atoms with E-state index < -0.39 is 10.0 Å². The summed E-state index contributed by atoms with van der Waals surface area (Å²) in [5, 5.41) is 0. The van der Waals surface area contributed by atoms with Crippen molar-refractivity contribution in [3.8, 4) is 11.5 Å². The van der Waals surface area contributed by atoms with Crippen LogP contribution < -0.4 is 9.47 Å². The Kier molecular flexibility index (Phi) is 11.8. The maximum Gasteiger partial charge on any atom is 0.244 e. The molecule has 0 radical (unpaired) electrons. The topological polar surface area (TPSA) is 85.4 Å². The molecule has 0 bridgehead atoms. The molecular formula is C31H42N2O6S2. The summed E-state index contributed by atoms with van der Waals surface area (Å²) in [6, 6.07) is 13.5. The second kappa shape index (κ2) is 14.8. The van der Waals surface area contributed by atoms with E-state index in [4.69, 9.17) is 14.2 Å². The largest absolute Gasteiger partial charge is 0.493 e. The van der Waals surface area contributed by atoms with E-state index in [1.165, 1.54) is 4.31 Å². The first-order valence-corrected chi connectivity index (χ1v) is 15.9. The van der Waals surface area contributed by atoms with Gasteiger partial charge in [-0.1, -0.05) is 23.8 Å². The van der Waals surface area contributed by atoms with E-state index in [1.54, 1.807) is 51.4 Å². The molecule has 1 amide bonds. The molecule has 41 heavy (non-hydrogen) atoms.